The van der Waals surface area contributed by atoms with E-state index < -0.39 is 0 Å². The molecular weight excluding hydrogens is 226 g/mol. The Morgan fingerprint density at radius 2 is 1.61 bits per heavy atom. The predicted molar refractivity (Wildman–Crippen MR) is 67.6 cm³/mol. The molecule has 0 aromatic carbocycles. The number of nitrogens with zero attached hydrogens (tertiary/aromatic N) is 5. The number of hydrogen-bond acceptors (Lipinski definition) is 4. The maximum atomic E-state index is 9.29. The minimum absolute atomic E-state index is 0.509. The Bertz CT molecular complexity index is 661. The molecule has 5 heteroatoms. The molecule has 0 unspecified atom stereocenters. The molecule has 2 heterocycles. The molecular formula is C13H15N5. The summed E-state index contributed by atoms with van der Waals surface area (Å²) in [6.45, 7) is 9.64. The standard InChI is InChI=1S/C13H15N5/c1-7-10(4)17-18(11(7)5)13-12(6-14)8(2)9(3)15-16-13/h1-5H3. The Labute approximate surface area is 106 Å². The first-order valence-corrected chi connectivity index (χ1v) is 5.74. The SMILES string of the molecule is Cc1nnc(-n2nc(C)c(C)c2C)c(C#N)c1C. The van der Waals surface area contributed by atoms with Crippen LogP contribution in [0, 0.1) is 45.9 Å². The molecule has 0 atom stereocenters. The third-order valence-corrected chi connectivity index (χ3v) is 3.40. The molecule has 0 saturated heterocycles. The molecule has 0 radical (unpaired) electrons. The van der Waals surface area contributed by atoms with Crippen molar-refractivity contribution >= 4 is 0 Å². The minimum Gasteiger partial charge on any atom is -0.216 e. The number of aryl methyl sites for hydroxylation is 2. The first-order valence-electron chi connectivity index (χ1n) is 5.74. The van der Waals surface area contributed by atoms with Gasteiger partial charge < -0.3 is 0 Å². The van der Waals surface area contributed by atoms with Gasteiger partial charge in [-0.15, -0.1) is 5.10 Å². The zero-order valence-corrected chi connectivity index (χ0v) is 11.2. The van der Waals surface area contributed by atoms with Crippen LogP contribution < -0.4 is 0 Å². The van der Waals surface area contributed by atoms with Gasteiger partial charge in [-0.05, 0) is 45.7 Å². The first-order chi connectivity index (χ1) is 8.47. The van der Waals surface area contributed by atoms with Gasteiger partial charge in [0, 0.05) is 5.69 Å². The summed E-state index contributed by atoms with van der Waals surface area (Å²) in [4.78, 5) is 0. The van der Waals surface area contributed by atoms with Gasteiger partial charge in [-0.1, -0.05) is 0 Å². The van der Waals surface area contributed by atoms with Crippen LogP contribution in [0.2, 0.25) is 0 Å². The first kappa shape index (κ1) is 12.2. The van der Waals surface area contributed by atoms with Crippen molar-refractivity contribution < 1.29 is 0 Å². The Balaban J connectivity index is 2.76. The number of hydrogen-bond donors (Lipinski definition) is 0. The van der Waals surface area contributed by atoms with E-state index in [0.717, 1.165) is 28.2 Å². The summed E-state index contributed by atoms with van der Waals surface area (Å²) < 4.78 is 1.70. The molecule has 0 fully saturated rings. The smallest absolute Gasteiger partial charge is 0.194 e. The van der Waals surface area contributed by atoms with Gasteiger partial charge in [-0.25, -0.2) is 4.68 Å². The fraction of sp³-hybridized carbons (Fsp3) is 0.385. The van der Waals surface area contributed by atoms with E-state index in [1.54, 1.807) is 4.68 Å². The molecule has 5 nitrogen and oxygen atoms in total. The molecule has 0 amide bonds. The lowest BCUT2D eigenvalue weighted by Gasteiger charge is -2.08. The molecule has 0 aliphatic heterocycles. The molecule has 0 aliphatic carbocycles. The summed E-state index contributed by atoms with van der Waals surface area (Å²) in [5.41, 5.74) is 5.20. The van der Waals surface area contributed by atoms with Gasteiger partial charge in [-0.3, -0.25) is 0 Å². The molecule has 0 aliphatic rings. The lowest BCUT2D eigenvalue weighted by atomic mass is 10.1. The second kappa shape index (κ2) is 4.22. The van der Waals surface area contributed by atoms with Crippen LogP contribution in [0.3, 0.4) is 0 Å². The van der Waals surface area contributed by atoms with Gasteiger partial charge in [0.1, 0.15) is 11.6 Å². The summed E-state index contributed by atoms with van der Waals surface area (Å²) in [5, 5.41) is 21.9. The Morgan fingerprint density at radius 3 is 2.11 bits per heavy atom. The van der Waals surface area contributed by atoms with Crippen LogP contribution >= 0.6 is 0 Å². The van der Waals surface area contributed by atoms with Crippen molar-refractivity contribution in [3.05, 3.63) is 33.8 Å². The van der Waals surface area contributed by atoms with Crippen molar-refractivity contribution in [2.75, 3.05) is 0 Å². The van der Waals surface area contributed by atoms with Gasteiger partial charge >= 0.3 is 0 Å². The monoisotopic (exact) mass is 241 g/mol. The largest absolute Gasteiger partial charge is 0.216 e. The molecule has 92 valence electrons. The quantitative estimate of drug-likeness (QED) is 0.766. The summed E-state index contributed by atoms with van der Waals surface area (Å²) in [6, 6.07) is 2.20. The Morgan fingerprint density at radius 1 is 0.944 bits per heavy atom. The van der Waals surface area contributed by atoms with Crippen LogP contribution in [0.1, 0.15) is 33.8 Å². The Kier molecular flexibility index (Phi) is 2.87. The van der Waals surface area contributed by atoms with Gasteiger partial charge in [0.05, 0.1) is 11.4 Å². The highest BCUT2D eigenvalue weighted by atomic mass is 15.4. The van der Waals surface area contributed by atoms with Gasteiger partial charge in [-0.2, -0.15) is 15.5 Å². The molecule has 2 aromatic heterocycles. The van der Waals surface area contributed by atoms with Crippen LogP contribution in [0.25, 0.3) is 5.82 Å². The van der Waals surface area contributed by atoms with E-state index in [2.05, 4.69) is 21.4 Å². The molecule has 0 spiro atoms. The zero-order chi connectivity index (χ0) is 13.4. The van der Waals surface area contributed by atoms with E-state index in [1.807, 2.05) is 34.6 Å². The van der Waals surface area contributed by atoms with Crippen molar-refractivity contribution in [3.63, 3.8) is 0 Å². The van der Waals surface area contributed by atoms with Crippen molar-refractivity contribution in [2.24, 2.45) is 0 Å². The van der Waals surface area contributed by atoms with Crippen molar-refractivity contribution in [1.82, 2.24) is 20.0 Å². The van der Waals surface area contributed by atoms with E-state index in [9.17, 15) is 5.26 Å². The molecule has 0 N–H and O–H groups in total. The molecule has 0 bridgehead atoms. The maximum Gasteiger partial charge on any atom is 0.194 e. The number of rotatable bonds is 1. The van der Waals surface area contributed by atoms with Crippen molar-refractivity contribution in [1.29, 1.82) is 5.26 Å². The van der Waals surface area contributed by atoms with E-state index in [-0.39, 0.29) is 0 Å². The van der Waals surface area contributed by atoms with Crippen molar-refractivity contribution in [3.8, 4) is 11.9 Å². The average molecular weight is 241 g/mol. The number of nitriles is 1. The van der Waals surface area contributed by atoms with E-state index in [4.69, 9.17) is 0 Å². The second-order valence-corrected chi connectivity index (χ2v) is 4.43. The van der Waals surface area contributed by atoms with Gasteiger partial charge in [0.15, 0.2) is 5.82 Å². The average Bonchev–Trinajstić information content (AvgIpc) is 2.60. The highest BCUT2D eigenvalue weighted by molar-refractivity contribution is 5.50. The summed E-state index contributed by atoms with van der Waals surface area (Å²) >= 11 is 0. The summed E-state index contributed by atoms with van der Waals surface area (Å²) in [7, 11) is 0. The van der Waals surface area contributed by atoms with Crippen LogP contribution in [-0.2, 0) is 0 Å². The summed E-state index contributed by atoms with van der Waals surface area (Å²) in [6.07, 6.45) is 0. The van der Waals surface area contributed by atoms with E-state index in [1.165, 1.54) is 0 Å². The second-order valence-electron chi connectivity index (χ2n) is 4.43. The number of aromatic nitrogens is 4. The third kappa shape index (κ3) is 1.66. The highest BCUT2D eigenvalue weighted by Crippen LogP contribution is 2.20. The lowest BCUT2D eigenvalue weighted by molar-refractivity contribution is 0.768. The van der Waals surface area contributed by atoms with Crippen LogP contribution in [0.5, 0.6) is 0 Å². The fourth-order valence-corrected chi connectivity index (χ4v) is 1.80. The maximum absolute atomic E-state index is 9.29. The Hall–Kier alpha value is -2.22. The molecule has 2 aromatic rings. The fourth-order valence-electron chi connectivity index (χ4n) is 1.80. The van der Waals surface area contributed by atoms with Gasteiger partial charge in [0.25, 0.3) is 0 Å². The highest BCUT2D eigenvalue weighted by Gasteiger charge is 2.17. The van der Waals surface area contributed by atoms with Gasteiger partial charge in [0.2, 0.25) is 0 Å². The van der Waals surface area contributed by atoms with Crippen LogP contribution in [-0.4, -0.2) is 20.0 Å². The predicted octanol–water partition coefficient (Wildman–Crippen LogP) is 2.08. The third-order valence-electron chi connectivity index (χ3n) is 3.40. The van der Waals surface area contributed by atoms with E-state index in [0.29, 0.717) is 11.4 Å². The van der Waals surface area contributed by atoms with Crippen molar-refractivity contribution in [2.45, 2.75) is 34.6 Å². The zero-order valence-electron chi connectivity index (χ0n) is 11.2. The lowest BCUT2D eigenvalue weighted by Crippen LogP contribution is -2.09. The molecule has 18 heavy (non-hydrogen) atoms. The topological polar surface area (TPSA) is 67.4 Å². The minimum atomic E-state index is 0.509. The normalized spacial score (nSPS) is 10.4. The summed E-state index contributed by atoms with van der Waals surface area (Å²) in [5.74, 6) is 0.509. The van der Waals surface area contributed by atoms with Crippen LogP contribution in [0.4, 0.5) is 0 Å². The van der Waals surface area contributed by atoms with E-state index >= 15 is 0 Å². The van der Waals surface area contributed by atoms with Crippen LogP contribution in [0.15, 0.2) is 0 Å². The molecule has 0 saturated carbocycles. The molecule has 2 rings (SSSR count).